The number of carbonyl (C=O) groups is 1. The van der Waals surface area contributed by atoms with Crippen molar-refractivity contribution < 1.29 is 18.1 Å². The molecule has 8 heteroatoms. The number of rotatable bonds is 5. The summed E-state index contributed by atoms with van der Waals surface area (Å²) in [5.41, 5.74) is 0.164. The van der Waals surface area contributed by atoms with Crippen LogP contribution in [0.3, 0.4) is 0 Å². The fourth-order valence-electron chi connectivity index (χ4n) is 4.41. The molecular weight excluding hydrogens is 388 g/mol. The summed E-state index contributed by atoms with van der Waals surface area (Å²) in [5, 5.41) is 12.4. The minimum atomic E-state index is -3.70. The number of hydrogen-bond acceptors (Lipinski definition) is 4. The standard InChI is InChI=1S/C21H30N4O3S/c1-16-6-5-8-19(17(16)2)23-21(26)15-24-10-12-25(13-11-24)29(27,28)20-9-4-3-7-18(20)14-22/h3-4,7,9,16-17,19H,5-6,8,10-13,15H2,1-2H3,(H,23,26)/p+1/t16-,17-,19-/m1/s1. The summed E-state index contributed by atoms with van der Waals surface area (Å²) >= 11 is 0. The van der Waals surface area contributed by atoms with Gasteiger partial charge >= 0.3 is 0 Å². The van der Waals surface area contributed by atoms with Crippen LogP contribution < -0.4 is 10.2 Å². The van der Waals surface area contributed by atoms with E-state index in [0.29, 0.717) is 44.6 Å². The van der Waals surface area contributed by atoms with E-state index in [4.69, 9.17) is 0 Å². The maximum Gasteiger partial charge on any atom is 0.275 e. The molecule has 1 aliphatic heterocycles. The molecule has 1 saturated heterocycles. The SMILES string of the molecule is C[C@@H]1[C@H](C)CCC[C@H]1NC(=O)C[NH+]1CCN(S(=O)(=O)c2ccccc2C#N)CC1. The Hall–Kier alpha value is -1.95. The van der Waals surface area contributed by atoms with E-state index in [9.17, 15) is 18.5 Å². The van der Waals surface area contributed by atoms with E-state index < -0.39 is 10.0 Å². The predicted octanol–water partition coefficient (Wildman–Crippen LogP) is 0.388. The highest BCUT2D eigenvalue weighted by atomic mass is 32.2. The molecule has 2 N–H and O–H groups in total. The molecule has 3 rings (SSSR count). The number of carbonyl (C=O) groups excluding carboxylic acids is 1. The molecule has 0 bridgehead atoms. The maximum absolute atomic E-state index is 12.9. The molecule has 1 saturated carbocycles. The highest BCUT2D eigenvalue weighted by Crippen LogP contribution is 2.29. The van der Waals surface area contributed by atoms with E-state index in [1.165, 1.54) is 22.9 Å². The minimum absolute atomic E-state index is 0.0529. The third kappa shape index (κ3) is 4.97. The first-order chi connectivity index (χ1) is 13.8. The van der Waals surface area contributed by atoms with Crippen LogP contribution in [0.4, 0.5) is 0 Å². The van der Waals surface area contributed by atoms with Crippen LogP contribution in [0, 0.1) is 23.2 Å². The van der Waals surface area contributed by atoms with Gasteiger partial charge in [-0.25, -0.2) is 8.42 Å². The smallest absolute Gasteiger partial charge is 0.275 e. The number of hydrogen-bond donors (Lipinski definition) is 2. The van der Waals surface area contributed by atoms with Gasteiger partial charge in [0.25, 0.3) is 5.91 Å². The second kappa shape index (κ2) is 9.24. The van der Waals surface area contributed by atoms with Crippen LogP contribution in [0.5, 0.6) is 0 Å². The summed E-state index contributed by atoms with van der Waals surface area (Å²) < 4.78 is 27.2. The quantitative estimate of drug-likeness (QED) is 0.722. The van der Waals surface area contributed by atoms with Crippen molar-refractivity contribution in [1.82, 2.24) is 9.62 Å². The zero-order chi connectivity index (χ0) is 21.0. The van der Waals surface area contributed by atoms with E-state index in [-0.39, 0.29) is 22.4 Å². The first-order valence-electron chi connectivity index (χ1n) is 10.4. The summed E-state index contributed by atoms with van der Waals surface area (Å²) in [6, 6.07) is 8.49. The number of nitrogens with one attached hydrogen (secondary N) is 2. The lowest BCUT2D eigenvalue weighted by molar-refractivity contribution is -0.895. The molecule has 0 radical (unpaired) electrons. The molecule has 7 nitrogen and oxygen atoms in total. The fourth-order valence-corrected chi connectivity index (χ4v) is 6.00. The van der Waals surface area contributed by atoms with Crippen molar-refractivity contribution in [3.8, 4) is 6.07 Å². The van der Waals surface area contributed by atoms with Crippen LogP contribution in [0.2, 0.25) is 0 Å². The fraction of sp³-hybridized carbons (Fsp3) is 0.619. The van der Waals surface area contributed by atoms with Crippen molar-refractivity contribution in [3.63, 3.8) is 0 Å². The monoisotopic (exact) mass is 419 g/mol. The van der Waals surface area contributed by atoms with Crippen LogP contribution in [0.15, 0.2) is 29.2 Å². The Morgan fingerprint density at radius 2 is 1.93 bits per heavy atom. The number of quaternary nitrogens is 1. The molecule has 1 aliphatic carbocycles. The first-order valence-corrected chi connectivity index (χ1v) is 11.9. The molecule has 2 fully saturated rings. The number of benzene rings is 1. The van der Waals surface area contributed by atoms with Crippen LogP contribution in [-0.2, 0) is 14.8 Å². The van der Waals surface area contributed by atoms with Crippen LogP contribution >= 0.6 is 0 Å². The van der Waals surface area contributed by atoms with Crippen molar-refractivity contribution in [2.45, 2.75) is 44.0 Å². The van der Waals surface area contributed by atoms with Gasteiger partial charge in [-0.1, -0.05) is 38.8 Å². The van der Waals surface area contributed by atoms with Crippen molar-refractivity contribution in [1.29, 1.82) is 5.26 Å². The van der Waals surface area contributed by atoms with Crippen LogP contribution in [-0.4, -0.2) is 57.4 Å². The zero-order valence-electron chi connectivity index (χ0n) is 17.2. The normalized spacial score (nSPS) is 26.6. The van der Waals surface area contributed by atoms with Gasteiger partial charge in [0.05, 0.1) is 36.6 Å². The molecule has 29 heavy (non-hydrogen) atoms. The average molecular weight is 420 g/mol. The second-order valence-electron chi connectivity index (χ2n) is 8.38. The number of nitriles is 1. The van der Waals surface area contributed by atoms with E-state index in [1.807, 2.05) is 6.07 Å². The maximum atomic E-state index is 12.9. The van der Waals surface area contributed by atoms with Gasteiger partial charge in [0, 0.05) is 6.04 Å². The highest BCUT2D eigenvalue weighted by Gasteiger charge is 2.33. The van der Waals surface area contributed by atoms with Crippen molar-refractivity contribution >= 4 is 15.9 Å². The van der Waals surface area contributed by atoms with Crippen LogP contribution in [0.1, 0.15) is 38.7 Å². The van der Waals surface area contributed by atoms with Gasteiger partial charge in [-0.15, -0.1) is 0 Å². The van der Waals surface area contributed by atoms with Gasteiger partial charge in [-0.3, -0.25) is 4.79 Å². The van der Waals surface area contributed by atoms with Gasteiger partial charge in [-0.2, -0.15) is 9.57 Å². The Kier molecular flexibility index (Phi) is 6.93. The predicted molar refractivity (Wildman–Crippen MR) is 110 cm³/mol. The number of amides is 1. The van der Waals surface area contributed by atoms with E-state index in [1.54, 1.807) is 12.1 Å². The van der Waals surface area contributed by atoms with Gasteiger partial charge in [-0.05, 0) is 30.4 Å². The summed E-state index contributed by atoms with van der Waals surface area (Å²) in [7, 11) is -3.70. The van der Waals surface area contributed by atoms with Crippen LogP contribution in [0.25, 0.3) is 0 Å². The third-order valence-electron chi connectivity index (χ3n) is 6.52. The van der Waals surface area contributed by atoms with Crippen molar-refractivity contribution in [2.24, 2.45) is 11.8 Å². The zero-order valence-corrected chi connectivity index (χ0v) is 18.0. The summed E-state index contributed by atoms with van der Waals surface area (Å²) in [6.07, 6.45) is 3.42. The van der Waals surface area contributed by atoms with Crippen molar-refractivity contribution in [3.05, 3.63) is 29.8 Å². The lowest BCUT2D eigenvalue weighted by Crippen LogP contribution is -3.15. The lowest BCUT2D eigenvalue weighted by Gasteiger charge is -2.35. The summed E-state index contributed by atoms with van der Waals surface area (Å²) in [6.45, 7) is 6.70. The Bertz CT molecular complexity index is 872. The molecule has 0 aromatic heterocycles. The molecule has 1 heterocycles. The molecule has 1 aromatic rings. The molecule has 0 spiro atoms. The van der Waals surface area contributed by atoms with Gasteiger partial charge in [0.15, 0.2) is 6.54 Å². The molecule has 1 amide bonds. The Labute approximate surface area is 173 Å². The molecule has 3 atom stereocenters. The second-order valence-corrected chi connectivity index (χ2v) is 10.3. The molecule has 2 aliphatic rings. The molecule has 1 aromatic carbocycles. The topological polar surface area (TPSA) is 94.7 Å². The first kappa shape index (κ1) is 21.8. The van der Waals surface area contributed by atoms with E-state index in [2.05, 4.69) is 19.2 Å². The average Bonchev–Trinajstić information content (AvgIpc) is 2.71. The van der Waals surface area contributed by atoms with Gasteiger partial charge < -0.3 is 10.2 Å². The highest BCUT2D eigenvalue weighted by molar-refractivity contribution is 7.89. The van der Waals surface area contributed by atoms with Gasteiger partial charge in [0.2, 0.25) is 10.0 Å². The molecular formula is C21H31N4O3S+. The molecule has 0 unspecified atom stereocenters. The Morgan fingerprint density at radius 1 is 1.24 bits per heavy atom. The number of sulfonamides is 1. The Morgan fingerprint density at radius 3 is 2.62 bits per heavy atom. The minimum Gasteiger partial charge on any atom is -0.348 e. The number of piperazine rings is 1. The van der Waals surface area contributed by atoms with E-state index >= 15 is 0 Å². The third-order valence-corrected chi connectivity index (χ3v) is 8.48. The Balaban J connectivity index is 1.54. The molecule has 158 valence electrons. The summed E-state index contributed by atoms with van der Waals surface area (Å²) in [4.78, 5) is 13.7. The van der Waals surface area contributed by atoms with Crippen molar-refractivity contribution in [2.75, 3.05) is 32.7 Å². The summed E-state index contributed by atoms with van der Waals surface area (Å²) in [5.74, 6) is 1.17. The lowest BCUT2D eigenvalue weighted by atomic mass is 9.78. The van der Waals surface area contributed by atoms with Gasteiger partial charge in [0.1, 0.15) is 6.07 Å². The number of nitrogens with zero attached hydrogens (tertiary/aromatic N) is 2. The largest absolute Gasteiger partial charge is 0.348 e. The van der Waals surface area contributed by atoms with E-state index in [0.717, 1.165) is 17.7 Å².